The van der Waals surface area contributed by atoms with Crippen molar-refractivity contribution in [3.8, 4) is 0 Å². The van der Waals surface area contributed by atoms with Crippen molar-refractivity contribution in [1.29, 1.82) is 0 Å². The van der Waals surface area contributed by atoms with Gasteiger partial charge >= 0.3 is 0 Å². The summed E-state index contributed by atoms with van der Waals surface area (Å²) in [5.41, 5.74) is 0. The Kier molecular flexibility index (Phi) is 4.07. The van der Waals surface area contributed by atoms with Gasteiger partial charge in [-0.3, -0.25) is 9.18 Å². The number of rotatable bonds is 6. The van der Waals surface area contributed by atoms with E-state index in [4.69, 9.17) is 0 Å². The minimum absolute atomic E-state index is 0.214. The molecule has 4 heteroatoms. The van der Waals surface area contributed by atoms with E-state index < -0.39 is 0 Å². The van der Waals surface area contributed by atoms with Gasteiger partial charge in [0.15, 0.2) is 6.29 Å². The first-order valence-corrected chi connectivity index (χ1v) is 6.45. The number of carbonyl (C=O) groups is 1. The van der Waals surface area contributed by atoms with Crippen LogP contribution in [0.4, 0.5) is 4.39 Å². The van der Waals surface area contributed by atoms with Crippen molar-refractivity contribution in [2.45, 2.75) is 12.8 Å². The van der Waals surface area contributed by atoms with Crippen LogP contribution in [0.25, 0.3) is 0 Å². The molecule has 1 aliphatic heterocycles. The van der Waals surface area contributed by atoms with E-state index in [-0.39, 0.29) is 6.67 Å². The lowest BCUT2D eigenvalue weighted by Crippen LogP contribution is -2.47. The number of halogens is 1. The molecule has 2 rings (SSSR count). The highest BCUT2D eigenvalue weighted by molar-refractivity contribution is 7.13. The summed E-state index contributed by atoms with van der Waals surface area (Å²) >= 11 is 1.58. The van der Waals surface area contributed by atoms with E-state index in [0.717, 1.165) is 37.2 Å². The smallest absolute Gasteiger partial charge is 0.160 e. The summed E-state index contributed by atoms with van der Waals surface area (Å²) < 4.78 is 11.9. The fourth-order valence-corrected chi connectivity index (χ4v) is 3.07. The first-order valence-electron chi connectivity index (χ1n) is 5.64. The first kappa shape index (κ1) is 11.7. The summed E-state index contributed by atoms with van der Waals surface area (Å²) in [5.74, 6) is 0.692. The second-order valence-corrected chi connectivity index (χ2v) is 5.49. The molecule has 1 fully saturated rings. The fraction of sp³-hybridized carbons (Fsp3) is 0.583. The van der Waals surface area contributed by atoms with E-state index in [1.165, 1.54) is 4.88 Å². The Morgan fingerprint density at radius 2 is 2.31 bits per heavy atom. The molecule has 2 nitrogen and oxygen atoms in total. The molecule has 1 saturated heterocycles. The first-order chi connectivity index (χ1) is 7.81. The Balaban J connectivity index is 1.70. The SMILES string of the molecule is O=Cc1ccc(CC2CN(CCCF)C2)s1. The summed E-state index contributed by atoms with van der Waals surface area (Å²) in [5, 5.41) is 0. The quantitative estimate of drug-likeness (QED) is 0.713. The molecule has 88 valence electrons. The van der Waals surface area contributed by atoms with Gasteiger partial charge < -0.3 is 4.90 Å². The molecule has 1 aromatic rings. The van der Waals surface area contributed by atoms with Crippen LogP contribution in [-0.2, 0) is 6.42 Å². The molecule has 0 radical (unpaired) electrons. The van der Waals surface area contributed by atoms with Gasteiger partial charge in [-0.2, -0.15) is 0 Å². The highest BCUT2D eigenvalue weighted by atomic mass is 32.1. The molecular formula is C12H16FNOS. The van der Waals surface area contributed by atoms with Gasteiger partial charge in [-0.25, -0.2) is 0 Å². The molecular weight excluding hydrogens is 225 g/mol. The van der Waals surface area contributed by atoms with Gasteiger partial charge in [-0.15, -0.1) is 11.3 Å². The fourth-order valence-electron chi connectivity index (χ4n) is 2.12. The second-order valence-electron chi connectivity index (χ2n) is 4.29. The lowest BCUT2D eigenvalue weighted by Gasteiger charge is -2.39. The average Bonchev–Trinajstić information content (AvgIpc) is 2.69. The molecule has 0 amide bonds. The maximum absolute atomic E-state index is 11.9. The number of carbonyl (C=O) groups excluding carboxylic acids is 1. The second kappa shape index (κ2) is 5.55. The maximum atomic E-state index is 11.9. The van der Waals surface area contributed by atoms with Crippen LogP contribution in [-0.4, -0.2) is 37.5 Å². The molecule has 0 spiro atoms. The monoisotopic (exact) mass is 241 g/mol. The normalized spacial score (nSPS) is 17.3. The highest BCUT2D eigenvalue weighted by Crippen LogP contribution is 2.24. The zero-order chi connectivity index (χ0) is 11.4. The minimum atomic E-state index is -0.214. The summed E-state index contributed by atoms with van der Waals surface area (Å²) in [6, 6.07) is 3.92. The van der Waals surface area contributed by atoms with Gasteiger partial charge in [0.25, 0.3) is 0 Å². The van der Waals surface area contributed by atoms with Crippen LogP contribution in [0.3, 0.4) is 0 Å². The van der Waals surface area contributed by atoms with Crippen molar-refractivity contribution < 1.29 is 9.18 Å². The molecule has 1 aliphatic rings. The summed E-state index contributed by atoms with van der Waals surface area (Å²) in [6.07, 6.45) is 2.62. The molecule has 16 heavy (non-hydrogen) atoms. The highest BCUT2D eigenvalue weighted by Gasteiger charge is 2.26. The Morgan fingerprint density at radius 1 is 1.50 bits per heavy atom. The average molecular weight is 241 g/mol. The van der Waals surface area contributed by atoms with Gasteiger partial charge in [-0.1, -0.05) is 0 Å². The molecule has 2 heterocycles. The summed E-state index contributed by atoms with van der Waals surface area (Å²) in [6.45, 7) is 2.83. The number of hydrogen-bond donors (Lipinski definition) is 0. The number of hydrogen-bond acceptors (Lipinski definition) is 3. The topological polar surface area (TPSA) is 20.3 Å². The van der Waals surface area contributed by atoms with Gasteiger partial charge in [0.1, 0.15) is 0 Å². The van der Waals surface area contributed by atoms with Crippen LogP contribution in [0.1, 0.15) is 21.0 Å². The van der Waals surface area contributed by atoms with Gasteiger partial charge in [0.05, 0.1) is 11.6 Å². The molecule has 0 N–H and O–H groups in total. The van der Waals surface area contributed by atoms with Crippen LogP contribution in [0.5, 0.6) is 0 Å². The Morgan fingerprint density at radius 3 is 2.94 bits per heavy atom. The van der Waals surface area contributed by atoms with Crippen LogP contribution >= 0.6 is 11.3 Å². The van der Waals surface area contributed by atoms with Crippen LogP contribution < -0.4 is 0 Å². The zero-order valence-electron chi connectivity index (χ0n) is 9.19. The van der Waals surface area contributed by atoms with Crippen molar-refractivity contribution in [1.82, 2.24) is 4.90 Å². The molecule has 0 aliphatic carbocycles. The lowest BCUT2D eigenvalue weighted by atomic mass is 9.95. The number of likely N-dealkylation sites (tertiary alicyclic amines) is 1. The third-order valence-electron chi connectivity index (χ3n) is 2.93. The molecule has 0 unspecified atom stereocenters. The lowest BCUT2D eigenvalue weighted by molar-refractivity contribution is 0.0973. The van der Waals surface area contributed by atoms with Crippen molar-refractivity contribution in [2.75, 3.05) is 26.3 Å². The van der Waals surface area contributed by atoms with E-state index >= 15 is 0 Å². The molecule has 0 atom stereocenters. The van der Waals surface area contributed by atoms with Crippen molar-refractivity contribution in [2.24, 2.45) is 5.92 Å². The van der Waals surface area contributed by atoms with E-state index in [1.807, 2.05) is 12.1 Å². The predicted molar refractivity (Wildman–Crippen MR) is 63.9 cm³/mol. The van der Waals surface area contributed by atoms with E-state index in [0.29, 0.717) is 12.3 Å². The number of alkyl halides is 1. The van der Waals surface area contributed by atoms with Gasteiger partial charge in [-0.05, 0) is 30.9 Å². The predicted octanol–water partition coefficient (Wildman–Crippen LogP) is 2.39. The van der Waals surface area contributed by atoms with Crippen LogP contribution in [0.2, 0.25) is 0 Å². The largest absolute Gasteiger partial charge is 0.303 e. The number of aldehydes is 1. The van der Waals surface area contributed by atoms with Crippen molar-refractivity contribution >= 4 is 17.6 Å². The summed E-state index contributed by atoms with van der Waals surface area (Å²) in [4.78, 5) is 14.9. The molecule has 0 aromatic carbocycles. The number of thiophene rings is 1. The maximum Gasteiger partial charge on any atom is 0.160 e. The van der Waals surface area contributed by atoms with E-state index in [2.05, 4.69) is 4.90 Å². The minimum Gasteiger partial charge on any atom is -0.303 e. The van der Waals surface area contributed by atoms with Crippen molar-refractivity contribution in [3.63, 3.8) is 0 Å². The van der Waals surface area contributed by atoms with Gasteiger partial charge in [0, 0.05) is 24.5 Å². The standard InChI is InChI=1S/C12H16FNOS/c13-4-1-5-14-7-10(8-14)6-11-2-3-12(9-15)16-11/h2-3,9-10H,1,4-8H2. The third kappa shape index (κ3) is 2.89. The van der Waals surface area contributed by atoms with Gasteiger partial charge in [0.2, 0.25) is 0 Å². The Labute approximate surface area is 99.1 Å². The van der Waals surface area contributed by atoms with Crippen molar-refractivity contribution in [3.05, 3.63) is 21.9 Å². The Hall–Kier alpha value is -0.740. The third-order valence-corrected chi connectivity index (χ3v) is 3.96. The molecule has 1 aromatic heterocycles. The Bertz CT molecular complexity index is 347. The zero-order valence-corrected chi connectivity index (χ0v) is 10.0. The van der Waals surface area contributed by atoms with Crippen LogP contribution in [0.15, 0.2) is 12.1 Å². The van der Waals surface area contributed by atoms with Crippen LogP contribution in [0, 0.1) is 5.92 Å². The molecule has 0 saturated carbocycles. The van der Waals surface area contributed by atoms with E-state index in [9.17, 15) is 9.18 Å². The van der Waals surface area contributed by atoms with E-state index in [1.54, 1.807) is 11.3 Å². The summed E-state index contributed by atoms with van der Waals surface area (Å²) in [7, 11) is 0. The number of nitrogens with zero attached hydrogens (tertiary/aromatic N) is 1. The molecule has 0 bridgehead atoms.